The molecule has 2 aromatic carbocycles. The standard InChI is InChI=1S/C18H16O3/c1-12-6-5-7-14(10-12)11-20-18(19)17-13(2)15-8-3-4-9-16(15)21-17/h3-10H,11H2,1-2H3. The molecule has 0 aliphatic rings. The predicted molar refractivity (Wildman–Crippen MR) is 81.2 cm³/mol. The molecule has 0 aliphatic carbocycles. The molecule has 0 saturated carbocycles. The van der Waals surface area contributed by atoms with Gasteiger partial charge in [-0.25, -0.2) is 4.79 Å². The first-order valence-corrected chi connectivity index (χ1v) is 6.86. The number of ether oxygens (including phenoxy) is 1. The smallest absolute Gasteiger partial charge is 0.374 e. The molecular weight excluding hydrogens is 264 g/mol. The van der Waals surface area contributed by atoms with Crippen molar-refractivity contribution in [2.45, 2.75) is 20.5 Å². The highest BCUT2D eigenvalue weighted by Gasteiger charge is 2.18. The zero-order valence-corrected chi connectivity index (χ0v) is 12.1. The van der Waals surface area contributed by atoms with Crippen LogP contribution in [0.2, 0.25) is 0 Å². The van der Waals surface area contributed by atoms with Gasteiger partial charge in [-0.2, -0.15) is 0 Å². The van der Waals surface area contributed by atoms with Crippen molar-refractivity contribution < 1.29 is 13.9 Å². The van der Waals surface area contributed by atoms with E-state index in [1.807, 2.05) is 62.4 Å². The summed E-state index contributed by atoms with van der Waals surface area (Å²) in [5.41, 5.74) is 3.64. The molecule has 1 aromatic heterocycles. The second kappa shape index (κ2) is 5.44. The van der Waals surface area contributed by atoms with Gasteiger partial charge >= 0.3 is 5.97 Å². The Morgan fingerprint density at radius 1 is 1.10 bits per heavy atom. The highest BCUT2D eigenvalue weighted by atomic mass is 16.5. The van der Waals surface area contributed by atoms with Crippen LogP contribution in [0.15, 0.2) is 52.9 Å². The summed E-state index contributed by atoms with van der Waals surface area (Å²) in [6.07, 6.45) is 0. The number of esters is 1. The molecule has 0 bridgehead atoms. The molecule has 3 nitrogen and oxygen atoms in total. The van der Waals surface area contributed by atoms with Gasteiger partial charge in [-0.3, -0.25) is 0 Å². The monoisotopic (exact) mass is 280 g/mol. The van der Waals surface area contributed by atoms with Gasteiger partial charge in [-0.1, -0.05) is 48.0 Å². The molecule has 0 saturated heterocycles. The fraction of sp³-hybridized carbons (Fsp3) is 0.167. The second-order valence-electron chi connectivity index (χ2n) is 5.12. The fourth-order valence-corrected chi connectivity index (χ4v) is 2.39. The van der Waals surface area contributed by atoms with Crippen molar-refractivity contribution >= 4 is 16.9 Å². The summed E-state index contributed by atoms with van der Waals surface area (Å²) in [6, 6.07) is 15.5. The number of carbonyl (C=O) groups excluding carboxylic acids is 1. The van der Waals surface area contributed by atoms with E-state index in [9.17, 15) is 4.79 Å². The number of rotatable bonds is 3. The lowest BCUT2D eigenvalue weighted by Crippen LogP contribution is -2.05. The van der Waals surface area contributed by atoms with Crippen LogP contribution in [0.5, 0.6) is 0 Å². The SMILES string of the molecule is Cc1cccc(COC(=O)c2oc3ccccc3c2C)c1. The van der Waals surface area contributed by atoms with E-state index < -0.39 is 5.97 Å². The average molecular weight is 280 g/mol. The number of furan rings is 1. The van der Waals surface area contributed by atoms with Crippen LogP contribution in [-0.2, 0) is 11.3 Å². The number of hydrogen-bond donors (Lipinski definition) is 0. The van der Waals surface area contributed by atoms with Gasteiger partial charge in [-0.05, 0) is 25.5 Å². The maximum atomic E-state index is 12.2. The van der Waals surface area contributed by atoms with Crippen LogP contribution in [-0.4, -0.2) is 5.97 Å². The van der Waals surface area contributed by atoms with Gasteiger partial charge in [0.25, 0.3) is 0 Å². The number of fused-ring (bicyclic) bond motifs is 1. The summed E-state index contributed by atoms with van der Waals surface area (Å²) in [6.45, 7) is 4.13. The first kappa shape index (κ1) is 13.4. The van der Waals surface area contributed by atoms with Crippen LogP contribution >= 0.6 is 0 Å². The van der Waals surface area contributed by atoms with Gasteiger partial charge in [0.1, 0.15) is 12.2 Å². The third-order valence-corrected chi connectivity index (χ3v) is 3.48. The molecule has 0 unspecified atom stereocenters. The Bertz CT molecular complexity index is 799. The molecule has 3 heteroatoms. The van der Waals surface area contributed by atoms with Crippen molar-refractivity contribution in [2.24, 2.45) is 0 Å². The summed E-state index contributed by atoms with van der Waals surface area (Å²) < 4.78 is 10.9. The molecule has 0 N–H and O–H groups in total. The summed E-state index contributed by atoms with van der Waals surface area (Å²) in [5.74, 6) is -0.144. The summed E-state index contributed by atoms with van der Waals surface area (Å²) in [5, 5.41) is 0.944. The molecule has 0 spiro atoms. The van der Waals surface area contributed by atoms with Gasteiger partial charge in [0, 0.05) is 10.9 Å². The van der Waals surface area contributed by atoms with Gasteiger partial charge < -0.3 is 9.15 Å². The Labute approximate surface area is 123 Å². The molecule has 0 radical (unpaired) electrons. The van der Waals surface area contributed by atoms with Gasteiger partial charge in [0.2, 0.25) is 5.76 Å². The molecule has 3 aromatic rings. The Hall–Kier alpha value is -2.55. The minimum absolute atomic E-state index is 0.247. The van der Waals surface area contributed by atoms with Crippen LogP contribution in [0.25, 0.3) is 11.0 Å². The zero-order valence-electron chi connectivity index (χ0n) is 12.1. The lowest BCUT2D eigenvalue weighted by Gasteiger charge is -2.04. The van der Waals surface area contributed by atoms with E-state index in [4.69, 9.17) is 9.15 Å². The zero-order chi connectivity index (χ0) is 14.8. The number of carbonyl (C=O) groups is 1. The summed E-state index contributed by atoms with van der Waals surface area (Å²) >= 11 is 0. The lowest BCUT2D eigenvalue weighted by molar-refractivity contribution is 0.0437. The van der Waals surface area contributed by atoms with Crippen LogP contribution in [0.1, 0.15) is 27.2 Å². The quantitative estimate of drug-likeness (QED) is 0.667. The molecular formula is C18H16O3. The number of aryl methyl sites for hydroxylation is 2. The predicted octanol–water partition coefficient (Wildman–Crippen LogP) is 4.41. The minimum Gasteiger partial charge on any atom is -0.455 e. The van der Waals surface area contributed by atoms with E-state index in [1.54, 1.807) is 0 Å². The van der Waals surface area contributed by atoms with E-state index in [2.05, 4.69) is 0 Å². The highest BCUT2D eigenvalue weighted by molar-refractivity contribution is 5.95. The highest BCUT2D eigenvalue weighted by Crippen LogP contribution is 2.25. The lowest BCUT2D eigenvalue weighted by atomic mass is 10.1. The number of para-hydroxylation sites is 1. The Kier molecular flexibility index (Phi) is 3.48. The summed E-state index contributed by atoms with van der Waals surface area (Å²) in [7, 11) is 0. The Balaban J connectivity index is 1.79. The normalized spacial score (nSPS) is 10.8. The van der Waals surface area contributed by atoms with Gasteiger partial charge in [0.05, 0.1) is 0 Å². The van der Waals surface area contributed by atoms with Crippen molar-refractivity contribution in [3.05, 3.63) is 71.0 Å². The van der Waals surface area contributed by atoms with Gasteiger partial charge in [0.15, 0.2) is 0 Å². The van der Waals surface area contributed by atoms with Crippen molar-refractivity contribution in [1.82, 2.24) is 0 Å². The van der Waals surface area contributed by atoms with E-state index >= 15 is 0 Å². The van der Waals surface area contributed by atoms with Crippen molar-refractivity contribution in [3.63, 3.8) is 0 Å². The van der Waals surface area contributed by atoms with E-state index in [0.717, 1.165) is 22.1 Å². The molecule has 3 rings (SSSR count). The van der Waals surface area contributed by atoms with Crippen molar-refractivity contribution in [2.75, 3.05) is 0 Å². The maximum absolute atomic E-state index is 12.2. The Morgan fingerprint density at radius 2 is 1.90 bits per heavy atom. The molecule has 0 aliphatic heterocycles. The molecule has 106 valence electrons. The first-order chi connectivity index (χ1) is 10.1. The van der Waals surface area contributed by atoms with E-state index in [-0.39, 0.29) is 12.4 Å². The maximum Gasteiger partial charge on any atom is 0.374 e. The van der Waals surface area contributed by atoms with Gasteiger partial charge in [-0.15, -0.1) is 0 Å². The second-order valence-corrected chi connectivity index (χ2v) is 5.12. The molecule has 0 fully saturated rings. The van der Waals surface area contributed by atoms with E-state index in [0.29, 0.717) is 5.58 Å². The summed E-state index contributed by atoms with van der Waals surface area (Å²) in [4.78, 5) is 12.2. The van der Waals surface area contributed by atoms with Crippen LogP contribution in [0, 0.1) is 13.8 Å². The largest absolute Gasteiger partial charge is 0.455 e. The van der Waals surface area contributed by atoms with E-state index in [1.165, 1.54) is 0 Å². The van der Waals surface area contributed by atoms with Crippen molar-refractivity contribution in [1.29, 1.82) is 0 Å². The molecule has 1 heterocycles. The molecule has 0 amide bonds. The van der Waals surface area contributed by atoms with Crippen molar-refractivity contribution in [3.8, 4) is 0 Å². The third-order valence-electron chi connectivity index (χ3n) is 3.48. The number of benzene rings is 2. The fourth-order valence-electron chi connectivity index (χ4n) is 2.39. The van der Waals surface area contributed by atoms with Crippen LogP contribution in [0.3, 0.4) is 0 Å². The average Bonchev–Trinajstić information content (AvgIpc) is 2.83. The van der Waals surface area contributed by atoms with Crippen LogP contribution < -0.4 is 0 Å². The van der Waals surface area contributed by atoms with Crippen LogP contribution in [0.4, 0.5) is 0 Å². The molecule has 21 heavy (non-hydrogen) atoms. The topological polar surface area (TPSA) is 39.4 Å². The third kappa shape index (κ3) is 2.68. The first-order valence-electron chi connectivity index (χ1n) is 6.86. The Morgan fingerprint density at radius 3 is 2.67 bits per heavy atom. The molecule has 0 atom stereocenters. The minimum atomic E-state index is -0.426. The number of hydrogen-bond acceptors (Lipinski definition) is 3.